The summed E-state index contributed by atoms with van der Waals surface area (Å²) in [5.74, 6) is -0.300. The number of rotatable bonds is 6. The molecule has 0 unspecified atom stereocenters. The van der Waals surface area contributed by atoms with Gasteiger partial charge in [0, 0.05) is 13.0 Å². The van der Waals surface area contributed by atoms with Crippen LogP contribution in [-0.4, -0.2) is 29.3 Å². The molecule has 128 valence electrons. The van der Waals surface area contributed by atoms with Crippen molar-refractivity contribution in [2.45, 2.75) is 33.2 Å². The monoisotopic (exact) mass is 348 g/mol. The fourth-order valence-electron chi connectivity index (χ4n) is 2.08. The van der Waals surface area contributed by atoms with Crippen molar-refractivity contribution < 1.29 is 14.3 Å². The summed E-state index contributed by atoms with van der Waals surface area (Å²) in [6.45, 7) is 4.48. The molecule has 2 amide bonds. The van der Waals surface area contributed by atoms with Crippen LogP contribution >= 0.6 is 11.3 Å². The maximum absolute atomic E-state index is 11.9. The van der Waals surface area contributed by atoms with Crippen LogP contribution in [0.25, 0.3) is 0 Å². The maximum atomic E-state index is 11.9. The summed E-state index contributed by atoms with van der Waals surface area (Å²) < 4.78 is 4.57. The Kier molecular flexibility index (Phi) is 6.25. The van der Waals surface area contributed by atoms with Gasteiger partial charge in [-0.05, 0) is 25.0 Å². The highest BCUT2D eigenvalue weighted by Crippen LogP contribution is 2.17. The van der Waals surface area contributed by atoms with Gasteiger partial charge in [-0.3, -0.25) is 10.1 Å². The van der Waals surface area contributed by atoms with Crippen LogP contribution in [0.1, 0.15) is 28.1 Å². The SMILES string of the molecule is COC(=O)CCc1nnc(NC(=O)NCc2ccc(C)cc2C)s1. The number of hydrogen-bond donors (Lipinski definition) is 2. The number of benzene rings is 1. The van der Waals surface area contributed by atoms with Gasteiger partial charge in [0.25, 0.3) is 0 Å². The van der Waals surface area contributed by atoms with E-state index in [2.05, 4.69) is 31.6 Å². The number of carbonyl (C=O) groups excluding carboxylic acids is 2. The Labute approximate surface area is 144 Å². The van der Waals surface area contributed by atoms with Gasteiger partial charge in [0.05, 0.1) is 13.5 Å². The van der Waals surface area contributed by atoms with Crippen LogP contribution in [0, 0.1) is 13.8 Å². The molecule has 0 saturated heterocycles. The Morgan fingerprint density at radius 2 is 2.04 bits per heavy atom. The van der Waals surface area contributed by atoms with Crippen molar-refractivity contribution >= 4 is 28.5 Å². The fraction of sp³-hybridized carbons (Fsp3) is 0.375. The molecule has 8 heteroatoms. The number of aryl methyl sites for hydroxylation is 3. The highest BCUT2D eigenvalue weighted by Gasteiger charge is 2.10. The van der Waals surface area contributed by atoms with Gasteiger partial charge in [-0.2, -0.15) is 0 Å². The topological polar surface area (TPSA) is 93.2 Å². The smallest absolute Gasteiger partial charge is 0.321 e. The largest absolute Gasteiger partial charge is 0.469 e. The first-order chi connectivity index (χ1) is 11.5. The van der Waals surface area contributed by atoms with E-state index in [1.54, 1.807) is 0 Å². The van der Waals surface area contributed by atoms with E-state index >= 15 is 0 Å². The predicted molar refractivity (Wildman–Crippen MR) is 92.0 cm³/mol. The summed E-state index contributed by atoms with van der Waals surface area (Å²) in [6, 6.07) is 5.75. The molecule has 0 saturated carbocycles. The molecule has 0 aliphatic heterocycles. The molecule has 0 bridgehead atoms. The summed E-state index contributed by atoms with van der Waals surface area (Å²) in [6.07, 6.45) is 0.681. The first-order valence-electron chi connectivity index (χ1n) is 7.48. The van der Waals surface area contributed by atoms with Crippen LogP contribution < -0.4 is 10.6 Å². The Hall–Kier alpha value is -2.48. The third kappa shape index (κ3) is 5.31. The molecular weight excluding hydrogens is 328 g/mol. The Morgan fingerprint density at radius 1 is 1.25 bits per heavy atom. The summed E-state index contributed by atoms with van der Waals surface area (Å²) in [4.78, 5) is 23.0. The molecule has 1 aromatic carbocycles. The first kappa shape index (κ1) is 17.9. The summed E-state index contributed by atoms with van der Waals surface area (Å²) >= 11 is 1.24. The van der Waals surface area contributed by atoms with Gasteiger partial charge in [-0.25, -0.2) is 4.79 Å². The van der Waals surface area contributed by atoms with E-state index < -0.39 is 0 Å². The highest BCUT2D eigenvalue weighted by molar-refractivity contribution is 7.15. The lowest BCUT2D eigenvalue weighted by molar-refractivity contribution is -0.140. The zero-order valence-electron chi connectivity index (χ0n) is 13.9. The van der Waals surface area contributed by atoms with Crippen LogP contribution in [0.15, 0.2) is 18.2 Å². The number of aromatic nitrogens is 2. The first-order valence-corrected chi connectivity index (χ1v) is 8.29. The zero-order valence-corrected chi connectivity index (χ0v) is 14.7. The molecule has 2 N–H and O–H groups in total. The van der Waals surface area contributed by atoms with Gasteiger partial charge in [0.2, 0.25) is 5.13 Å². The van der Waals surface area contributed by atoms with E-state index in [-0.39, 0.29) is 18.4 Å². The molecule has 7 nitrogen and oxygen atoms in total. The van der Waals surface area contributed by atoms with Gasteiger partial charge in [-0.15, -0.1) is 10.2 Å². The van der Waals surface area contributed by atoms with Gasteiger partial charge in [0.1, 0.15) is 5.01 Å². The number of nitrogens with zero attached hydrogens (tertiary/aromatic N) is 2. The number of amides is 2. The molecule has 24 heavy (non-hydrogen) atoms. The quantitative estimate of drug-likeness (QED) is 0.783. The van der Waals surface area contributed by atoms with Crippen molar-refractivity contribution in [1.29, 1.82) is 0 Å². The van der Waals surface area contributed by atoms with E-state index in [1.165, 1.54) is 24.0 Å². The minimum Gasteiger partial charge on any atom is -0.469 e. The second-order valence-corrected chi connectivity index (χ2v) is 6.38. The zero-order chi connectivity index (χ0) is 17.5. The molecule has 2 aromatic rings. The van der Waals surface area contributed by atoms with E-state index in [1.807, 2.05) is 26.0 Å². The van der Waals surface area contributed by atoms with Crippen molar-refractivity contribution in [1.82, 2.24) is 15.5 Å². The Bertz CT molecular complexity index is 730. The molecule has 0 aliphatic rings. The average Bonchev–Trinajstić information content (AvgIpc) is 2.99. The third-order valence-electron chi connectivity index (χ3n) is 3.40. The van der Waals surface area contributed by atoms with Gasteiger partial charge < -0.3 is 10.1 Å². The highest BCUT2D eigenvalue weighted by atomic mass is 32.1. The van der Waals surface area contributed by atoms with E-state index in [0.29, 0.717) is 23.1 Å². The molecule has 0 fully saturated rings. The summed E-state index contributed by atoms with van der Waals surface area (Å²) in [5.41, 5.74) is 3.39. The predicted octanol–water partition coefficient (Wildman–Crippen LogP) is 2.58. The normalized spacial score (nSPS) is 10.3. The minimum atomic E-state index is -0.342. The minimum absolute atomic E-state index is 0.240. The lowest BCUT2D eigenvalue weighted by Crippen LogP contribution is -2.28. The molecule has 0 aliphatic carbocycles. The van der Waals surface area contributed by atoms with Gasteiger partial charge in [-0.1, -0.05) is 35.1 Å². The number of ether oxygens (including phenoxy) is 1. The fourth-order valence-corrected chi connectivity index (χ4v) is 2.81. The molecule has 1 heterocycles. The van der Waals surface area contributed by atoms with Crippen molar-refractivity contribution in [3.8, 4) is 0 Å². The molecular formula is C16H20N4O3S. The molecule has 0 radical (unpaired) electrons. The van der Waals surface area contributed by atoms with Crippen LogP contribution in [0.2, 0.25) is 0 Å². The Balaban J connectivity index is 1.82. The number of anilines is 1. The number of nitrogens with one attached hydrogen (secondary N) is 2. The molecule has 1 aromatic heterocycles. The third-order valence-corrected chi connectivity index (χ3v) is 4.29. The molecule has 0 atom stereocenters. The standard InChI is InChI=1S/C16H20N4O3S/c1-10-4-5-12(11(2)8-10)9-17-15(22)18-16-20-19-13(24-16)6-7-14(21)23-3/h4-5,8H,6-7,9H2,1-3H3,(H2,17,18,20,22). The molecule has 0 spiro atoms. The number of esters is 1. The van der Waals surface area contributed by atoms with E-state index in [9.17, 15) is 9.59 Å². The maximum Gasteiger partial charge on any atom is 0.321 e. The second-order valence-electron chi connectivity index (χ2n) is 5.31. The van der Waals surface area contributed by atoms with Gasteiger partial charge >= 0.3 is 12.0 Å². The van der Waals surface area contributed by atoms with Crippen molar-refractivity contribution in [3.63, 3.8) is 0 Å². The van der Waals surface area contributed by atoms with Crippen LogP contribution in [-0.2, 0) is 22.5 Å². The van der Waals surface area contributed by atoms with Crippen molar-refractivity contribution in [2.75, 3.05) is 12.4 Å². The number of hydrogen-bond acceptors (Lipinski definition) is 6. The lowest BCUT2D eigenvalue weighted by atomic mass is 10.1. The lowest BCUT2D eigenvalue weighted by Gasteiger charge is -2.08. The van der Waals surface area contributed by atoms with Crippen molar-refractivity contribution in [3.05, 3.63) is 39.9 Å². The second kappa shape index (κ2) is 8.39. The van der Waals surface area contributed by atoms with Crippen LogP contribution in [0.3, 0.4) is 0 Å². The van der Waals surface area contributed by atoms with Crippen molar-refractivity contribution in [2.24, 2.45) is 0 Å². The van der Waals surface area contributed by atoms with Gasteiger partial charge in [0.15, 0.2) is 0 Å². The van der Waals surface area contributed by atoms with Crippen LogP contribution in [0.4, 0.5) is 9.93 Å². The van der Waals surface area contributed by atoms with E-state index in [0.717, 1.165) is 11.1 Å². The molecule has 2 rings (SSSR count). The number of carbonyl (C=O) groups is 2. The Morgan fingerprint density at radius 3 is 2.75 bits per heavy atom. The number of urea groups is 1. The van der Waals surface area contributed by atoms with E-state index in [4.69, 9.17) is 0 Å². The summed E-state index contributed by atoms with van der Waals surface area (Å²) in [7, 11) is 1.34. The van der Waals surface area contributed by atoms with Crippen LogP contribution in [0.5, 0.6) is 0 Å². The summed E-state index contributed by atoms with van der Waals surface area (Å²) in [5, 5.41) is 14.3. The average molecular weight is 348 g/mol. The number of methoxy groups -OCH3 is 1.